The molecule has 0 bridgehead atoms. The standard InChI is InChI=1S/C32H18F4S4/c1-15-9-11-23(37-15)25-13-17-27(29-19(33)5-3-6-20(29)34)32-18(14-26(40-32)24-12-10-16(2)38-24)28(31(17)39-25)30-21(35)7-4-8-22(30)36/h3-14H,1-2H3. The third-order valence-corrected chi connectivity index (χ3v) is 11.5. The quantitative estimate of drug-likeness (QED) is 0.175. The fourth-order valence-electron chi connectivity index (χ4n) is 5.12. The summed E-state index contributed by atoms with van der Waals surface area (Å²) >= 11 is 5.97. The summed E-state index contributed by atoms with van der Waals surface area (Å²) in [6, 6.07) is 19.5. The first kappa shape index (κ1) is 25.7. The Kier molecular flexibility index (Phi) is 6.20. The van der Waals surface area contributed by atoms with Crippen molar-refractivity contribution in [1.82, 2.24) is 0 Å². The number of hydrogen-bond acceptors (Lipinski definition) is 4. The first-order valence-corrected chi connectivity index (χ1v) is 15.6. The molecule has 0 fully saturated rings. The van der Waals surface area contributed by atoms with Crippen LogP contribution in [0.3, 0.4) is 0 Å². The van der Waals surface area contributed by atoms with Crippen molar-refractivity contribution in [3.63, 3.8) is 0 Å². The molecule has 0 atom stereocenters. The van der Waals surface area contributed by atoms with E-state index in [2.05, 4.69) is 0 Å². The van der Waals surface area contributed by atoms with E-state index in [-0.39, 0.29) is 11.1 Å². The highest BCUT2D eigenvalue weighted by molar-refractivity contribution is 7.28. The molecule has 0 saturated carbocycles. The van der Waals surface area contributed by atoms with E-state index >= 15 is 17.6 Å². The molecule has 0 aliphatic heterocycles. The Morgan fingerprint density at radius 3 is 1.12 bits per heavy atom. The molecule has 4 aromatic heterocycles. The van der Waals surface area contributed by atoms with Gasteiger partial charge in [0.15, 0.2) is 0 Å². The minimum absolute atomic E-state index is 0.138. The maximum absolute atomic E-state index is 15.5. The lowest BCUT2D eigenvalue weighted by Crippen LogP contribution is -1.94. The van der Waals surface area contributed by atoms with Crippen molar-refractivity contribution in [3.05, 3.63) is 106 Å². The lowest BCUT2D eigenvalue weighted by molar-refractivity contribution is 0.589. The fourth-order valence-corrected chi connectivity index (χ4v) is 9.47. The van der Waals surface area contributed by atoms with Gasteiger partial charge in [0.05, 0.1) is 11.1 Å². The summed E-state index contributed by atoms with van der Waals surface area (Å²) < 4.78 is 63.0. The Bertz CT molecular complexity index is 1850. The second-order valence-corrected chi connectivity index (χ2v) is 14.2. The van der Waals surface area contributed by atoms with Crippen LogP contribution in [-0.4, -0.2) is 0 Å². The Hall–Kier alpha value is -3.30. The summed E-state index contributed by atoms with van der Waals surface area (Å²) in [5.74, 6) is -2.74. The van der Waals surface area contributed by atoms with Gasteiger partial charge in [-0.1, -0.05) is 12.1 Å². The van der Waals surface area contributed by atoms with Crippen molar-refractivity contribution in [1.29, 1.82) is 0 Å². The van der Waals surface area contributed by atoms with Crippen LogP contribution in [0.5, 0.6) is 0 Å². The average molecular weight is 607 g/mol. The summed E-state index contributed by atoms with van der Waals surface area (Å²) in [5.41, 5.74) is 0.531. The predicted molar refractivity (Wildman–Crippen MR) is 164 cm³/mol. The van der Waals surface area contributed by atoms with E-state index in [1.165, 1.54) is 59.1 Å². The number of thiophene rings is 4. The maximum atomic E-state index is 15.5. The van der Waals surface area contributed by atoms with Gasteiger partial charge < -0.3 is 0 Å². The Morgan fingerprint density at radius 1 is 0.425 bits per heavy atom. The number of fused-ring (bicyclic) bond motifs is 2. The monoisotopic (exact) mass is 606 g/mol. The molecule has 0 unspecified atom stereocenters. The molecule has 0 aliphatic rings. The van der Waals surface area contributed by atoms with Gasteiger partial charge in [-0.25, -0.2) is 17.6 Å². The van der Waals surface area contributed by atoms with Crippen molar-refractivity contribution in [2.45, 2.75) is 13.8 Å². The Morgan fingerprint density at radius 2 is 0.800 bits per heavy atom. The molecule has 0 spiro atoms. The normalized spacial score (nSPS) is 11.8. The summed E-state index contributed by atoms with van der Waals surface area (Å²) in [5, 5.41) is 1.13. The molecule has 7 rings (SSSR count). The molecule has 0 saturated heterocycles. The van der Waals surface area contributed by atoms with Crippen LogP contribution in [0, 0.1) is 37.1 Å². The predicted octanol–water partition coefficient (Wildman–Crippen LogP) is 12.1. The van der Waals surface area contributed by atoms with E-state index in [9.17, 15) is 0 Å². The van der Waals surface area contributed by atoms with Gasteiger partial charge in [0.25, 0.3) is 0 Å². The van der Waals surface area contributed by atoms with Gasteiger partial charge >= 0.3 is 0 Å². The molecule has 0 radical (unpaired) electrons. The first-order valence-electron chi connectivity index (χ1n) is 12.4. The Balaban J connectivity index is 1.70. The molecular weight excluding hydrogens is 589 g/mol. The highest BCUT2D eigenvalue weighted by Crippen LogP contribution is 2.54. The molecule has 8 heteroatoms. The van der Waals surface area contributed by atoms with Crippen LogP contribution in [-0.2, 0) is 0 Å². The number of benzene rings is 3. The SMILES string of the molecule is Cc1ccc(-c2cc3c(-c4c(F)cccc4F)c4sc(-c5ccc(C)s5)cc4c(-c4c(F)cccc4F)c3s2)s1. The molecular formula is C32H18F4S4. The molecule has 0 aliphatic carbocycles. The molecule has 0 nitrogen and oxygen atoms in total. The maximum Gasteiger partial charge on any atom is 0.134 e. The van der Waals surface area contributed by atoms with Crippen molar-refractivity contribution < 1.29 is 17.6 Å². The number of aryl methyl sites for hydroxylation is 2. The molecule has 40 heavy (non-hydrogen) atoms. The third-order valence-electron chi connectivity index (χ3n) is 6.85. The van der Waals surface area contributed by atoms with Gasteiger partial charge in [0, 0.05) is 60.6 Å². The number of hydrogen-bond donors (Lipinski definition) is 0. The van der Waals surface area contributed by atoms with E-state index in [0.717, 1.165) is 29.3 Å². The zero-order valence-electron chi connectivity index (χ0n) is 21.1. The van der Waals surface area contributed by atoms with Gasteiger partial charge in [-0.15, -0.1) is 45.3 Å². The molecule has 0 amide bonds. The second-order valence-electron chi connectivity index (χ2n) is 9.47. The highest BCUT2D eigenvalue weighted by Gasteiger charge is 2.28. The van der Waals surface area contributed by atoms with Crippen LogP contribution in [0.15, 0.2) is 72.8 Å². The lowest BCUT2D eigenvalue weighted by Gasteiger charge is -2.14. The van der Waals surface area contributed by atoms with Crippen molar-refractivity contribution in [3.8, 4) is 41.8 Å². The van der Waals surface area contributed by atoms with Gasteiger partial charge in [-0.3, -0.25) is 0 Å². The smallest absolute Gasteiger partial charge is 0.134 e. The topological polar surface area (TPSA) is 0 Å². The van der Waals surface area contributed by atoms with E-state index < -0.39 is 23.3 Å². The van der Waals surface area contributed by atoms with Crippen LogP contribution < -0.4 is 0 Å². The minimum Gasteiger partial charge on any atom is -0.206 e. The summed E-state index contributed by atoms with van der Waals surface area (Å²) in [6.45, 7) is 4.01. The zero-order chi connectivity index (χ0) is 27.7. The third kappa shape index (κ3) is 4.05. The fraction of sp³-hybridized carbons (Fsp3) is 0.0625. The zero-order valence-corrected chi connectivity index (χ0v) is 24.3. The summed E-state index contributed by atoms with van der Waals surface area (Å²) in [4.78, 5) is 5.94. The molecule has 198 valence electrons. The van der Waals surface area contributed by atoms with Gasteiger partial charge in [-0.2, -0.15) is 0 Å². The van der Waals surface area contributed by atoms with Gasteiger partial charge in [0.2, 0.25) is 0 Å². The van der Waals surface area contributed by atoms with Crippen LogP contribution in [0.4, 0.5) is 17.6 Å². The average Bonchev–Trinajstić information content (AvgIpc) is 3.70. The minimum atomic E-state index is -0.686. The highest BCUT2D eigenvalue weighted by atomic mass is 32.1. The van der Waals surface area contributed by atoms with Gasteiger partial charge in [-0.05, 0) is 74.5 Å². The second kappa shape index (κ2) is 9.66. The van der Waals surface area contributed by atoms with E-state index in [4.69, 9.17) is 0 Å². The molecule has 0 N–H and O–H groups in total. The lowest BCUT2D eigenvalue weighted by atomic mass is 9.92. The van der Waals surface area contributed by atoms with Crippen LogP contribution in [0.25, 0.3) is 61.9 Å². The van der Waals surface area contributed by atoms with Crippen molar-refractivity contribution in [2.24, 2.45) is 0 Å². The van der Waals surface area contributed by atoms with Crippen LogP contribution in [0.1, 0.15) is 9.75 Å². The van der Waals surface area contributed by atoms with Crippen LogP contribution in [0.2, 0.25) is 0 Å². The van der Waals surface area contributed by atoms with Crippen LogP contribution >= 0.6 is 45.3 Å². The molecule has 4 heterocycles. The largest absolute Gasteiger partial charge is 0.206 e. The number of rotatable bonds is 4. The molecule has 7 aromatic rings. The first-order chi connectivity index (χ1) is 19.3. The Labute approximate surface area is 243 Å². The number of halogens is 4. The summed E-state index contributed by atoms with van der Waals surface area (Å²) in [6.07, 6.45) is 0. The van der Waals surface area contributed by atoms with Crippen molar-refractivity contribution >= 4 is 65.5 Å². The van der Waals surface area contributed by atoms with Crippen molar-refractivity contribution in [2.75, 3.05) is 0 Å². The van der Waals surface area contributed by atoms with E-state index in [0.29, 0.717) is 31.3 Å². The molecule has 3 aromatic carbocycles. The van der Waals surface area contributed by atoms with E-state index in [1.54, 1.807) is 22.7 Å². The van der Waals surface area contributed by atoms with Gasteiger partial charge in [0.1, 0.15) is 23.3 Å². The summed E-state index contributed by atoms with van der Waals surface area (Å²) in [7, 11) is 0. The van der Waals surface area contributed by atoms with E-state index in [1.807, 2.05) is 50.2 Å².